The molecule has 4 nitrogen and oxygen atoms in total. The van der Waals surface area contributed by atoms with Crippen LogP contribution in [0.2, 0.25) is 0 Å². The second kappa shape index (κ2) is 9.17. The largest absolute Gasteiger partial charge is 0.393 e. The number of fused-ring (bicyclic) bond motifs is 5. The fraction of sp³-hybridized carbons (Fsp3) is 1.00. The van der Waals surface area contributed by atoms with Gasteiger partial charge in [0, 0.05) is 32.2 Å². The summed E-state index contributed by atoms with van der Waals surface area (Å²) in [6.07, 6.45) is 12.2. The molecule has 224 valence electrons. The Hall–Kier alpha value is -0.160. The number of rotatable bonds is 2. The highest BCUT2D eigenvalue weighted by atomic mass is 16.5. The zero-order chi connectivity index (χ0) is 28.2. The Morgan fingerprint density at radius 1 is 0.718 bits per heavy atom. The number of aliphatic hydroxyl groups is 1. The van der Waals surface area contributed by atoms with E-state index in [9.17, 15) is 5.11 Å². The van der Waals surface area contributed by atoms with E-state index >= 15 is 0 Å². The molecule has 0 unspecified atom stereocenters. The molecule has 4 saturated carbocycles. The first-order valence-electron chi connectivity index (χ1n) is 16.9. The molecule has 0 aromatic heterocycles. The van der Waals surface area contributed by atoms with E-state index in [4.69, 9.17) is 4.74 Å². The van der Waals surface area contributed by atoms with Crippen LogP contribution in [-0.4, -0.2) is 71.5 Å². The molecule has 1 N–H and O–H groups in total. The molecule has 0 spiro atoms. The first-order chi connectivity index (χ1) is 18.1. The second-order valence-corrected chi connectivity index (χ2v) is 17.7. The summed E-state index contributed by atoms with van der Waals surface area (Å²) in [7, 11) is 2.28. The van der Waals surface area contributed by atoms with Gasteiger partial charge in [-0.1, -0.05) is 34.6 Å². The van der Waals surface area contributed by atoms with Gasteiger partial charge in [0.05, 0.1) is 17.3 Å². The van der Waals surface area contributed by atoms with E-state index in [1.165, 1.54) is 71.1 Å². The molecule has 0 aromatic rings. The fourth-order valence-electron chi connectivity index (χ4n) is 13.1. The molecule has 6 rings (SSSR count). The predicted octanol–water partition coefficient (Wildman–Crippen LogP) is 7.00. The Balaban J connectivity index is 1.29. The summed E-state index contributed by atoms with van der Waals surface area (Å²) < 4.78 is 6.95. The maximum atomic E-state index is 12.2. The van der Waals surface area contributed by atoms with E-state index in [0.717, 1.165) is 25.2 Å². The second-order valence-electron chi connectivity index (χ2n) is 17.7. The van der Waals surface area contributed by atoms with Gasteiger partial charge >= 0.3 is 0 Å². The Morgan fingerprint density at radius 3 is 2.05 bits per heavy atom. The molecule has 4 heteroatoms. The zero-order valence-electron chi connectivity index (χ0n) is 27.1. The van der Waals surface area contributed by atoms with Crippen LogP contribution in [0, 0.1) is 45.3 Å². The highest BCUT2D eigenvalue weighted by Gasteiger charge is 2.71. The van der Waals surface area contributed by atoms with E-state index in [1.807, 2.05) is 0 Å². The van der Waals surface area contributed by atoms with Crippen molar-refractivity contribution >= 4 is 0 Å². The lowest BCUT2D eigenvalue weighted by atomic mass is 9.35. The SMILES string of the molecule is CN1CCN([C@H]2CC[C@]3(C)[C@H]4C[C@@H](O)[C@@H]5[C@@H]([C@@]6(C)CCCC(C)(C)O6)CC[C@@]5(C)[C@]4(C)CC[C@H]3C2(C)C)CC1. The Morgan fingerprint density at radius 2 is 1.38 bits per heavy atom. The minimum Gasteiger partial charge on any atom is -0.393 e. The number of nitrogens with zero attached hydrogens (tertiary/aromatic N) is 2. The van der Waals surface area contributed by atoms with E-state index in [-0.39, 0.29) is 22.7 Å². The first kappa shape index (κ1) is 28.9. The molecule has 0 radical (unpaired) electrons. The van der Waals surface area contributed by atoms with Gasteiger partial charge in [-0.3, -0.25) is 4.90 Å². The van der Waals surface area contributed by atoms with E-state index in [2.05, 4.69) is 72.2 Å². The van der Waals surface area contributed by atoms with Gasteiger partial charge in [-0.2, -0.15) is 0 Å². The zero-order valence-corrected chi connectivity index (χ0v) is 27.1. The molecule has 2 saturated heterocycles. The Bertz CT molecular complexity index is 941. The van der Waals surface area contributed by atoms with E-state index in [0.29, 0.717) is 40.0 Å². The molecule has 0 amide bonds. The standard InChI is InChI=1S/C35H62N2O2/c1-30(2)14-10-15-35(8,39-30)24-11-17-34(7)29(24)25(38)23-27-32(5)16-13-28(37-21-19-36(9)20-22-37)31(3,4)26(32)12-18-33(27,34)6/h24-29,38H,10-23H2,1-9H3/t24-,25+,26-,27+,28-,29-,32-,33+,34+,35+/m0/s1. The number of hydrogen-bond donors (Lipinski definition) is 1. The van der Waals surface area contributed by atoms with Crippen LogP contribution in [0.25, 0.3) is 0 Å². The molecular formula is C35H62N2O2. The van der Waals surface area contributed by atoms with Gasteiger partial charge in [0.15, 0.2) is 0 Å². The third-order valence-electron chi connectivity index (χ3n) is 15.1. The fourth-order valence-corrected chi connectivity index (χ4v) is 13.1. The lowest BCUT2D eigenvalue weighted by Gasteiger charge is -2.71. The van der Waals surface area contributed by atoms with E-state index < -0.39 is 0 Å². The van der Waals surface area contributed by atoms with Crippen LogP contribution in [-0.2, 0) is 4.74 Å². The molecule has 0 aromatic carbocycles. The third kappa shape index (κ3) is 4.10. The van der Waals surface area contributed by atoms with Crippen molar-refractivity contribution in [1.82, 2.24) is 9.80 Å². The van der Waals surface area contributed by atoms with Crippen LogP contribution >= 0.6 is 0 Å². The molecule has 6 aliphatic rings. The number of piperazine rings is 1. The van der Waals surface area contributed by atoms with Gasteiger partial charge in [0.2, 0.25) is 0 Å². The summed E-state index contributed by atoms with van der Waals surface area (Å²) in [6, 6.07) is 0.702. The monoisotopic (exact) mass is 542 g/mol. The molecule has 4 aliphatic carbocycles. The van der Waals surface area contributed by atoms with Crippen molar-refractivity contribution < 1.29 is 9.84 Å². The van der Waals surface area contributed by atoms with Crippen molar-refractivity contribution in [2.45, 2.75) is 143 Å². The lowest BCUT2D eigenvalue weighted by molar-refractivity contribution is -0.255. The van der Waals surface area contributed by atoms with Crippen molar-refractivity contribution in [2.75, 3.05) is 33.2 Å². The maximum absolute atomic E-state index is 12.2. The summed E-state index contributed by atoms with van der Waals surface area (Å²) in [4.78, 5) is 5.35. The van der Waals surface area contributed by atoms with Crippen LogP contribution in [0.5, 0.6) is 0 Å². The molecule has 39 heavy (non-hydrogen) atoms. The number of aliphatic hydroxyl groups excluding tert-OH is 1. The predicted molar refractivity (Wildman–Crippen MR) is 161 cm³/mol. The lowest BCUT2D eigenvalue weighted by Crippen LogP contribution is -2.68. The number of likely N-dealkylation sites (N-methyl/N-ethyl adjacent to an activating group) is 1. The number of hydrogen-bond acceptors (Lipinski definition) is 4. The van der Waals surface area contributed by atoms with Gasteiger partial charge in [0.1, 0.15) is 0 Å². The molecule has 6 fully saturated rings. The summed E-state index contributed by atoms with van der Waals surface area (Å²) >= 11 is 0. The quantitative estimate of drug-likeness (QED) is 0.408. The van der Waals surface area contributed by atoms with Gasteiger partial charge in [0.25, 0.3) is 0 Å². The average Bonchev–Trinajstić information content (AvgIpc) is 3.21. The molecule has 2 aliphatic heterocycles. The van der Waals surface area contributed by atoms with Crippen LogP contribution in [0.1, 0.15) is 120 Å². The Labute approximate surface area is 241 Å². The molecule has 0 bridgehead atoms. The van der Waals surface area contributed by atoms with Crippen molar-refractivity contribution in [3.8, 4) is 0 Å². The summed E-state index contributed by atoms with van der Waals surface area (Å²) in [5, 5.41) is 12.2. The highest BCUT2D eigenvalue weighted by Crippen LogP contribution is 2.76. The van der Waals surface area contributed by atoms with E-state index in [1.54, 1.807) is 0 Å². The summed E-state index contributed by atoms with van der Waals surface area (Å²) in [6.45, 7) is 25.1. The maximum Gasteiger partial charge on any atom is 0.0693 e. The van der Waals surface area contributed by atoms with Crippen LogP contribution in [0.15, 0.2) is 0 Å². The molecular weight excluding hydrogens is 480 g/mol. The van der Waals surface area contributed by atoms with Gasteiger partial charge in [-0.25, -0.2) is 0 Å². The molecule has 10 atom stereocenters. The van der Waals surface area contributed by atoms with Crippen LogP contribution < -0.4 is 0 Å². The Kier molecular flexibility index (Phi) is 6.80. The summed E-state index contributed by atoms with van der Waals surface area (Å²) in [5.74, 6) is 2.20. The van der Waals surface area contributed by atoms with Gasteiger partial charge in [-0.05, 0) is 137 Å². The first-order valence-corrected chi connectivity index (χ1v) is 16.9. The average molecular weight is 543 g/mol. The normalized spacial score (nSPS) is 54.0. The smallest absolute Gasteiger partial charge is 0.0693 e. The van der Waals surface area contributed by atoms with Gasteiger partial charge in [-0.15, -0.1) is 0 Å². The van der Waals surface area contributed by atoms with Gasteiger partial charge < -0.3 is 14.7 Å². The molecule has 2 heterocycles. The van der Waals surface area contributed by atoms with Crippen molar-refractivity contribution in [1.29, 1.82) is 0 Å². The van der Waals surface area contributed by atoms with Crippen molar-refractivity contribution in [3.63, 3.8) is 0 Å². The summed E-state index contributed by atoms with van der Waals surface area (Å²) in [5.41, 5.74) is 0.990. The third-order valence-corrected chi connectivity index (χ3v) is 15.1. The minimum absolute atomic E-state index is 0.0441. The minimum atomic E-state index is -0.194. The van der Waals surface area contributed by atoms with Crippen molar-refractivity contribution in [2.24, 2.45) is 45.3 Å². The van der Waals surface area contributed by atoms with Crippen LogP contribution in [0.3, 0.4) is 0 Å². The highest BCUT2D eigenvalue weighted by molar-refractivity contribution is 5.20. The van der Waals surface area contributed by atoms with Crippen LogP contribution in [0.4, 0.5) is 0 Å². The topological polar surface area (TPSA) is 35.9 Å². The van der Waals surface area contributed by atoms with Crippen molar-refractivity contribution in [3.05, 3.63) is 0 Å². The number of ether oxygens (including phenoxy) is 1.